The van der Waals surface area contributed by atoms with Gasteiger partial charge in [-0.05, 0) is 55.3 Å². The summed E-state index contributed by atoms with van der Waals surface area (Å²) in [6, 6.07) is 2.05. The lowest BCUT2D eigenvalue weighted by atomic mass is 9.99. The average molecular weight is 508 g/mol. The highest BCUT2D eigenvalue weighted by atomic mass is 16.4. The number of carbonyl (C=O) groups excluding carboxylic acids is 3. The molecule has 0 aromatic heterocycles. The molecule has 0 aliphatic carbocycles. The Labute approximate surface area is 212 Å². The van der Waals surface area contributed by atoms with Gasteiger partial charge in [0, 0.05) is 6.42 Å². The van der Waals surface area contributed by atoms with Gasteiger partial charge in [-0.1, -0.05) is 39.8 Å². The van der Waals surface area contributed by atoms with Crippen LogP contribution in [0.1, 0.15) is 52.5 Å². The molecule has 9 N–H and O–H groups in total. The Morgan fingerprint density at radius 2 is 1.42 bits per heavy atom. The number of unbranched alkanes of at least 4 members (excludes halogenated alkanes) is 1. The molecule has 4 unspecified atom stereocenters. The number of hydrogen-bond acceptors (Lipinski definition) is 7. The maximum atomic E-state index is 13.2. The van der Waals surface area contributed by atoms with Gasteiger partial charge in [0.25, 0.3) is 0 Å². The summed E-state index contributed by atoms with van der Waals surface area (Å²) in [5.41, 5.74) is 12.0. The minimum absolute atomic E-state index is 0.0390. The molecule has 0 saturated carbocycles. The number of amides is 3. The molecule has 0 radical (unpaired) electrons. The average Bonchev–Trinajstić information content (AvgIpc) is 2.81. The molecule has 0 fully saturated rings. The molecular weight excluding hydrogens is 466 g/mol. The van der Waals surface area contributed by atoms with Crippen molar-refractivity contribution in [2.45, 2.75) is 77.5 Å². The standard InChI is InChI=1S/C25H41N5O6/c1-14(2)20(27)23(33)30-21(15(3)4)24(34)29-19(13-16-8-10-17(31)11-9-16)22(32)28-18(25(35)36)7-5-6-12-26/h8-11,14-15,18-21,31H,5-7,12-13,26-27H2,1-4H3,(H,28,32)(H,29,34)(H,30,33)(H,35,36). The molecule has 0 bridgehead atoms. The van der Waals surface area contributed by atoms with Crippen molar-refractivity contribution in [2.24, 2.45) is 23.3 Å². The predicted octanol–water partition coefficient (Wildman–Crippen LogP) is 0.242. The molecule has 11 heteroatoms. The Morgan fingerprint density at radius 1 is 0.833 bits per heavy atom. The number of phenols is 1. The van der Waals surface area contributed by atoms with E-state index in [1.807, 2.05) is 0 Å². The summed E-state index contributed by atoms with van der Waals surface area (Å²) in [6.07, 6.45) is 1.36. The third-order valence-electron chi connectivity index (χ3n) is 5.84. The van der Waals surface area contributed by atoms with Gasteiger partial charge in [0.15, 0.2) is 0 Å². The van der Waals surface area contributed by atoms with E-state index in [0.717, 1.165) is 0 Å². The summed E-state index contributed by atoms with van der Waals surface area (Å²) in [5, 5.41) is 26.9. The highest BCUT2D eigenvalue weighted by Gasteiger charge is 2.32. The van der Waals surface area contributed by atoms with Gasteiger partial charge >= 0.3 is 5.97 Å². The summed E-state index contributed by atoms with van der Waals surface area (Å²) in [6.45, 7) is 7.48. The van der Waals surface area contributed by atoms with Crippen LogP contribution in [0.2, 0.25) is 0 Å². The van der Waals surface area contributed by atoms with Gasteiger partial charge < -0.3 is 37.6 Å². The highest BCUT2D eigenvalue weighted by Crippen LogP contribution is 2.13. The first-order valence-corrected chi connectivity index (χ1v) is 12.2. The largest absolute Gasteiger partial charge is 0.508 e. The van der Waals surface area contributed by atoms with Crippen molar-refractivity contribution in [3.8, 4) is 5.75 Å². The van der Waals surface area contributed by atoms with Crippen molar-refractivity contribution in [3.05, 3.63) is 29.8 Å². The van der Waals surface area contributed by atoms with Crippen LogP contribution in [0.25, 0.3) is 0 Å². The fraction of sp³-hybridized carbons (Fsp3) is 0.600. The highest BCUT2D eigenvalue weighted by molar-refractivity contribution is 5.94. The first-order chi connectivity index (χ1) is 16.9. The molecule has 0 spiro atoms. The lowest BCUT2D eigenvalue weighted by Crippen LogP contribution is -2.59. The van der Waals surface area contributed by atoms with Crippen LogP contribution < -0.4 is 27.4 Å². The molecule has 0 aliphatic heterocycles. The lowest BCUT2D eigenvalue weighted by Gasteiger charge is -2.27. The summed E-state index contributed by atoms with van der Waals surface area (Å²) in [5.74, 6) is -3.35. The topological polar surface area (TPSA) is 197 Å². The second-order valence-corrected chi connectivity index (χ2v) is 9.62. The third kappa shape index (κ3) is 10.2. The van der Waals surface area contributed by atoms with Crippen LogP contribution in [0.4, 0.5) is 0 Å². The molecule has 3 amide bonds. The van der Waals surface area contributed by atoms with Crippen LogP contribution in [-0.4, -0.2) is 64.6 Å². The zero-order chi connectivity index (χ0) is 27.4. The number of nitrogens with one attached hydrogen (secondary N) is 3. The molecule has 202 valence electrons. The van der Waals surface area contributed by atoms with Crippen molar-refractivity contribution in [2.75, 3.05) is 6.54 Å². The number of hydrogen-bond donors (Lipinski definition) is 7. The number of carboxylic acids is 1. The van der Waals surface area contributed by atoms with Gasteiger partial charge in [0.2, 0.25) is 17.7 Å². The van der Waals surface area contributed by atoms with Gasteiger partial charge in [0.1, 0.15) is 23.9 Å². The number of benzene rings is 1. The lowest BCUT2D eigenvalue weighted by molar-refractivity contribution is -0.142. The number of carbonyl (C=O) groups is 4. The molecule has 1 aromatic rings. The van der Waals surface area contributed by atoms with E-state index in [1.54, 1.807) is 39.8 Å². The molecule has 0 heterocycles. The monoisotopic (exact) mass is 507 g/mol. The van der Waals surface area contributed by atoms with Crippen LogP contribution in [0.5, 0.6) is 5.75 Å². The molecule has 0 aliphatic rings. The van der Waals surface area contributed by atoms with E-state index >= 15 is 0 Å². The molecule has 11 nitrogen and oxygen atoms in total. The van der Waals surface area contributed by atoms with E-state index in [9.17, 15) is 29.4 Å². The number of aromatic hydroxyl groups is 1. The van der Waals surface area contributed by atoms with Crippen molar-refractivity contribution >= 4 is 23.7 Å². The minimum atomic E-state index is -1.19. The fourth-order valence-electron chi connectivity index (χ4n) is 3.45. The third-order valence-corrected chi connectivity index (χ3v) is 5.84. The second-order valence-electron chi connectivity index (χ2n) is 9.62. The van der Waals surface area contributed by atoms with E-state index in [0.29, 0.717) is 24.9 Å². The Bertz CT molecular complexity index is 874. The summed E-state index contributed by atoms with van der Waals surface area (Å²) in [4.78, 5) is 50.5. The van der Waals surface area contributed by atoms with E-state index < -0.39 is 47.9 Å². The molecule has 0 saturated heterocycles. The molecule has 1 rings (SSSR count). The van der Waals surface area contributed by atoms with Gasteiger partial charge in [0.05, 0.1) is 6.04 Å². The number of rotatable bonds is 15. The molecular formula is C25H41N5O6. The number of phenolic OH excluding ortho intramolecular Hbond substituents is 1. The molecule has 4 atom stereocenters. The van der Waals surface area contributed by atoms with E-state index in [-0.39, 0.29) is 30.4 Å². The predicted molar refractivity (Wildman–Crippen MR) is 136 cm³/mol. The van der Waals surface area contributed by atoms with Crippen molar-refractivity contribution < 1.29 is 29.4 Å². The smallest absolute Gasteiger partial charge is 0.326 e. The Kier molecular flexibility index (Phi) is 12.9. The molecule has 36 heavy (non-hydrogen) atoms. The maximum absolute atomic E-state index is 13.2. The van der Waals surface area contributed by atoms with E-state index in [1.165, 1.54) is 12.1 Å². The zero-order valence-electron chi connectivity index (χ0n) is 21.5. The quantitative estimate of drug-likeness (QED) is 0.164. The van der Waals surface area contributed by atoms with Crippen molar-refractivity contribution in [1.29, 1.82) is 0 Å². The fourth-order valence-corrected chi connectivity index (χ4v) is 3.45. The number of aliphatic carboxylic acids is 1. The summed E-state index contributed by atoms with van der Waals surface area (Å²) < 4.78 is 0. The van der Waals surface area contributed by atoms with Crippen LogP contribution >= 0.6 is 0 Å². The van der Waals surface area contributed by atoms with Gasteiger partial charge in [-0.2, -0.15) is 0 Å². The SMILES string of the molecule is CC(C)C(N)C(=O)NC(C(=O)NC(Cc1ccc(O)cc1)C(=O)NC(CCCCN)C(=O)O)C(C)C. The van der Waals surface area contributed by atoms with Gasteiger partial charge in [-0.25, -0.2) is 4.79 Å². The Hall–Kier alpha value is -3.18. The maximum Gasteiger partial charge on any atom is 0.326 e. The minimum Gasteiger partial charge on any atom is -0.508 e. The van der Waals surface area contributed by atoms with E-state index in [2.05, 4.69) is 16.0 Å². The van der Waals surface area contributed by atoms with Gasteiger partial charge in [-0.15, -0.1) is 0 Å². The normalized spacial score (nSPS) is 14.6. The van der Waals surface area contributed by atoms with Gasteiger partial charge in [-0.3, -0.25) is 14.4 Å². The summed E-state index contributed by atoms with van der Waals surface area (Å²) in [7, 11) is 0. The number of nitrogens with two attached hydrogens (primary N) is 2. The van der Waals surface area contributed by atoms with Crippen LogP contribution in [-0.2, 0) is 25.6 Å². The zero-order valence-corrected chi connectivity index (χ0v) is 21.5. The Morgan fingerprint density at radius 3 is 1.92 bits per heavy atom. The Balaban J connectivity index is 3.11. The van der Waals surface area contributed by atoms with Crippen LogP contribution in [0.3, 0.4) is 0 Å². The molecule has 1 aromatic carbocycles. The van der Waals surface area contributed by atoms with Crippen molar-refractivity contribution in [3.63, 3.8) is 0 Å². The first kappa shape index (κ1) is 30.9. The summed E-state index contributed by atoms with van der Waals surface area (Å²) >= 11 is 0. The van der Waals surface area contributed by atoms with Crippen LogP contribution in [0.15, 0.2) is 24.3 Å². The first-order valence-electron chi connectivity index (χ1n) is 12.2. The van der Waals surface area contributed by atoms with E-state index in [4.69, 9.17) is 11.5 Å². The van der Waals surface area contributed by atoms with Crippen molar-refractivity contribution in [1.82, 2.24) is 16.0 Å². The number of carboxylic acid groups (broad SMARTS) is 1. The second kappa shape index (κ2) is 15.0. The van der Waals surface area contributed by atoms with Crippen LogP contribution in [0, 0.1) is 11.8 Å².